The number of ether oxygens (including phenoxy) is 2. The molecule has 2 aromatic rings. The quantitative estimate of drug-likeness (QED) is 0.237. The summed E-state index contributed by atoms with van der Waals surface area (Å²) < 4.78 is 12.0. The molecule has 0 saturated heterocycles. The number of esters is 2. The summed E-state index contributed by atoms with van der Waals surface area (Å²) in [6.45, 7) is 3.35. The molecule has 0 N–H and O–H groups in total. The van der Waals surface area contributed by atoms with Crippen molar-refractivity contribution >= 4 is 62.3 Å². The van der Waals surface area contributed by atoms with Crippen LogP contribution in [0.25, 0.3) is 11.8 Å². The molecule has 1 heterocycles. The minimum absolute atomic E-state index is 0.389. The van der Waals surface area contributed by atoms with Gasteiger partial charge >= 0.3 is 11.9 Å². The summed E-state index contributed by atoms with van der Waals surface area (Å²) in [7, 11) is 0. The van der Waals surface area contributed by atoms with Gasteiger partial charge in [0, 0.05) is 12.5 Å². The summed E-state index contributed by atoms with van der Waals surface area (Å²) in [5.41, 5.74) is 3.25. The van der Waals surface area contributed by atoms with Crippen LogP contribution < -0.4 is 4.74 Å². The van der Waals surface area contributed by atoms with Crippen LogP contribution in [0.5, 0.6) is 5.75 Å². The molecule has 0 radical (unpaired) electrons. The number of rotatable bonds is 3. The summed E-state index contributed by atoms with van der Waals surface area (Å²) in [4.78, 5) is 23.4. The first-order valence-corrected chi connectivity index (χ1v) is 9.61. The average Bonchev–Trinajstić information content (AvgIpc) is 2.92. The molecule has 0 atom stereocenters. The lowest BCUT2D eigenvalue weighted by Gasteiger charge is -2.08. The standard InChI is InChI=1S/C20H14BrIO4/c1-11-3-5-14(6-4-11)18-10-15(20(24)26-18)7-13-8-16(21)19(17(22)9-13)25-12(2)23/h3-10H,1-2H3/b15-7+. The Morgan fingerprint density at radius 1 is 1.23 bits per heavy atom. The maximum atomic E-state index is 12.2. The van der Waals surface area contributed by atoms with Crippen molar-refractivity contribution in [3.05, 3.63) is 72.8 Å². The second kappa shape index (κ2) is 7.75. The zero-order valence-electron chi connectivity index (χ0n) is 14.0. The van der Waals surface area contributed by atoms with Crippen molar-refractivity contribution < 1.29 is 19.1 Å². The molecular formula is C20H14BrIO4. The number of benzene rings is 2. The number of carbonyl (C=O) groups excluding carboxylic acids is 2. The Labute approximate surface area is 173 Å². The second-order valence-corrected chi connectivity index (χ2v) is 7.79. The minimum atomic E-state index is -0.393. The van der Waals surface area contributed by atoms with Crippen molar-refractivity contribution in [3.63, 3.8) is 0 Å². The van der Waals surface area contributed by atoms with Crippen molar-refractivity contribution in [2.45, 2.75) is 13.8 Å². The molecule has 0 amide bonds. The van der Waals surface area contributed by atoms with Crippen molar-refractivity contribution in [3.8, 4) is 5.75 Å². The highest BCUT2D eigenvalue weighted by Gasteiger charge is 2.22. The van der Waals surface area contributed by atoms with E-state index in [-0.39, 0.29) is 5.97 Å². The van der Waals surface area contributed by atoms with Gasteiger partial charge in [-0.2, -0.15) is 0 Å². The molecule has 4 nitrogen and oxygen atoms in total. The molecule has 26 heavy (non-hydrogen) atoms. The van der Waals surface area contributed by atoms with E-state index >= 15 is 0 Å². The van der Waals surface area contributed by atoms with Crippen molar-refractivity contribution in [2.75, 3.05) is 0 Å². The Bertz CT molecular complexity index is 935. The van der Waals surface area contributed by atoms with E-state index in [1.54, 1.807) is 18.2 Å². The molecule has 1 aliphatic rings. The second-order valence-electron chi connectivity index (χ2n) is 5.77. The molecule has 6 heteroatoms. The van der Waals surface area contributed by atoms with Crippen LogP contribution in [0.1, 0.15) is 23.6 Å². The first kappa shape index (κ1) is 18.8. The lowest BCUT2D eigenvalue weighted by atomic mass is 10.1. The number of cyclic esters (lactones) is 1. The van der Waals surface area contributed by atoms with Crippen LogP contribution in [-0.4, -0.2) is 11.9 Å². The van der Waals surface area contributed by atoms with Gasteiger partial charge in [0.2, 0.25) is 0 Å². The van der Waals surface area contributed by atoms with Crippen LogP contribution in [0.4, 0.5) is 0 Å². The van der Waals surface area contributed by atoms with Crippen molar-refractivity contribution in [1.82, 2.24) is 0 Å². The summed E-state index contributed by atoms with van der Waals surface area (Å²) in [5.74, 6) is 0.215. The van der Waals surface area contributed by atoms with Gasteiger partial charge in [-0.05, 0) is 75.3 Å². The van der Waals surface area contributed by atoms with Gasteiger partial charge in [-0.3, -0.25) is 4.79 Å². The fourth-order valence-corrected chi connectivity index (χ4v) is 4.12. The third-order valence-corrected chi connectivity index (χ3v) is 5.04. The average molecular weight is 525 g/mol. The molecule has 132 valence electrons. The van der Waals surface area contributed by atoms with Crippen LogP contribution in [0.2, 0.25) is 0 Å². The summed E-state index contributed by atoms with van der Waals surface area (Å²) in [6.07, 6.45) is 3.47. The Morgan fingerprint density at radius 2 is 1.92 bits per heavy atom. The van der Waals surface area contributed by atoms with Gasteiger partial charge in [0.25, 0.3) is 0 Å². The van der Waals surface area contributed by atoms with Crippen LogP contribution in [0, 0.1) is 10.5 Å². The number of halogens is 2. The molecule has 0 fully saturated rings. The van der Waals surface area contributed by atoms with Gasteiger partial charge in [0.1, 0.15) is 5.76 Å². The molecule has 0 aromatic heterocycles. The smallest absolute Gasteiger partial charge is 0.343 e. The zero-order chi connectivity index (χ0) is 18.8. The SMILES string of the molecule is CC(=O)Oc1c(Br)cc(/C=C2\C=C(c3ccc(C)cc3)OC2=O)cc1I. The van der Waals surface area contributed by atoms with E-state index in [9.17, 15) is 9.59 Å². The maximum absolute atomic E-state index is 12.2. The third kappa shape index (κ3) is 4.24. The highest BCUT2D eigenvalue weighted by atomic mass is 127. The molecule has 0 spiro atoms. The largest absolute Gasteiger partial charge is 0.424 e. The maximum Gasteiger partial charge on any atom is 0.343 e. The van der Waals surface area contributed by atoms with E-state index in [0.29, 0.717) is 21.6 Å². The highest BCUT2D eigenvalue weighted by Crippen LogP contribution is 2.34. The number of hydrogen-bond acceptors (Lipinski definition) is 4. The van der Waals surface area contributed by atoms with E-state index in [0.717, 1.165) is 20.3 Å². The topological polar surface area (TPSA) is 52.6 Å². The molecule has 0 aliphatic carbocycles. The van der Waals surface area contributed by atoms with E-state index in [4.69, 9.17) is 9.47 Å². The molecule has 1 aliphatic heterocycles. The van der Waals surface area contributed by atoms with Crippen molar-refractivity contribution in [2.24, 2.45) is 0 Å². The normalized spacial score (nSPS) is 15.0. The third-order valence-electron chi connectivity index (χ3n) is 3.65. The van der Waals surface area contributed by atoms with Gasteiger partial charge in [-0.25, -0.2) is 4.79 Å². The molecule has 0 unspecified atom stereocenters. The zero-order valence-corrected chi connectivity index (χ0v) is 17.8. The van der Waals surface area contributed by atoms with Crippen LogP contribution in [0.3, 0.4) is 0 Å². The van der Waals surface area contributed by atoms with Crippen LogP contribution >= 0.6 is 38.5 Å². The Kier molecular flexibility index (Phi) is 5.62. The van der Waals surface area contributed by atoms with Gasteiger partial charge in [-0.15, -0.1) is 0 Å². The minimum Gasteiger partial charge on any atom is -0.424 e. The monoisotopic (exact) mass is 524 g/mol. The fraction of sp³-hybridized carbons (Fsp3) is 0.100. The fourth-order valence-electron chi connectivity index (χ4n) is 2.43. The highest BCUT2D eigenvalue weighted by molar-refractivity contribution is 14.1. The van der Waals surface area contributed by atoms with Crippen molar-refractivity contribution in [1.29, 1.82) is 0 Å². The van der Waals surface area contributed by atoms with E-state index < -0.39 is 5.97 Å². The molecular weight excluding hydrogens is 511 g/mol. The van der Waals surface area contributed by atoms with E-state index in [2.05, 4.69) is 38.5 Å². The molecule has 2 aromatic carbocycles. The first-order chi connectivity index (χ1) is 12.3. The lowest BCUT2D eigenvalue weighted by molar-refractivity contribution is -0.132. The van der Waals surface area contributed by atoms with E-state index in [1.807, 2.05) is 37.3 Å². The molecule has 0 saturated carbocycles. The molecule has 0 bridgehead atoms. The Balaban J connectivity index is 1.93. The number of aryl methyl sites for hydroxylation is 1. The summed E-state index contributed by atoms with van der Waals surface area (Å²) in [5, 5.41) is 0. The number of hydrogen-bond donors (Lipinski definition) is 0. The number of carbonyl (C=O) groups is 2. The van der Waals surface area contributed by atoms with Gasteiger partial charge in [0.05, 0.1) is 13.6 Å². The van der Waals surface area contributed by atoms with Gasteiger partial charge in [0.15, 0.2) is 5.75 Å². The predicted molar refractivity (Wildman–Crippen MR) is 111 cm³/mol. The summed E-state index contributed by atoms with van der Waals surface area (Å²) >= 11 is 5.49. The molecule has 3 rings (SSSR count). The van der Waals surface area contributed by atoms with Crippen LogP contribution in [-0.2, 0) is 14.3 Å². The van der Waals surface area contributed by atoms with Crippen LogP contribution in [0.15, 0.2) is 52.5 Å². The Hall–Kier alpha value is -1.93. The predicted octanol–water partition coefficient (Wildman–Crippen LogP) is 5.27. The lowest BCUT2D eigenvalue weighted by Crippen LogP contribution is -2.04. The Morgan fingerprint density at radius 3 is 2.54 bits per heavy atom. The van der Waals surface area contributed by atoms with E-state index in [1.165, 1.54) is 6.92 Å². The first-order valence-electron chi connectivity index (χ1n) is 7.73. The van der Waals surface area contributed by atoms with Gasteiger partial charge < -0.3 is 9.47 Å². The summed E-state index contributed by atoms with van der Waals surface area (Å²) in [6, 6.07) is 11.4. The van der Waals surface area contributed by atoms with Gasteiger partial charge in [-0.1, -0.05) is 29.8 Å².